The molecule has 0 saturated heterocycles. The number of fused-ring (bicyclic) bond motifs is 1. The quantitative estimate of drug-likeness (QED) is 0.256. The van der Waals surface area contributed by atoms with E-state index in [1.54, 1.807) is 9.25 Å². The van der Waals surface area contributed by atoms with Gasteiger partial charge in [0.2, 0.25) is 0 Å². The topological polar surface area (TPSA) is 78.5 Å². The van der Waals surface area contributed by atoms with Gasteiger partial charge in [0.05, 0.1) is 16.8 Å². The standard InChI is InChI=1S/C23H20N6OS2/c1-2-13-28-20(25-26-27-28)15-31-23-24-21-18(14-19(32-21)16-9-5-3-6-10-16)22(30)29(23)17-11-7-4-8-12-17/h3-12,14H,2,13,15H2,1H3. The van der Waals surface area contributed by atoms with Crippen molar-refractivity contribution in [3.8, 4) is 16.1 Å². The number of hydrogen-bond donors (Lipinski definition) is 0. The van der Waals surface area contributed by atoms with Crippen LogP contribution in [0.1, 0.15) is 19.2 Å². The molecule has 3 heterocycles. The summed E-state index contributed by atoms with van der Waals surface area (Å²) in [5, 5.41) is 13.3. The molecule has 2 aromatic carbocycles. The fraction of sp³-hybridized carbons (Fsp3) is 0.174. The fourth-order valence-corrected chi connectivity index (χ4v) is 5.47. The average Bonchev–Trinajstić information content (AvgIpc) is 3.46. The van der Waals surface area contributed by atoms with Gasteiger partial charge in [-0.25, -0.2) is 9.67 Å². The monoisotopic (exact) mass is 460 g/mol. The van der Waals surface area contributed by atoms with E-state index in [0.29, 0.717) is 16.3 Å². The fourth-order valence-electron chi connectivity index (χ4n) is 3.45. The molecule has 0 aliphatic carbocycles. The van der Waals surface area contributed by atoms with E-state index in [4.69, 9.17) is 4.98 Å². The molecule has 0 N–H and O–H groups in total. The molecule has 0 radical (unpaired) electrons. The number of rotatable bonds is 7. The number of para-hydroxylation sites is 1. The molecule has 9 heteroatoms. The highest BCUT2D eigenvalue weighted by atomic mass is 32.2. The Kier molecular flexibility index (Phi) is 5.83. The van der Waals surface area contributed by atoms with E-state index in [-0.39, 0.29) is 5.56 Å². The summed E-state index contributed by atoms with van der Waals surface area (Å²) < 4.78 is 3.48. The molecule has 0 unspecified atom stereocenters. The number of benzene rings is 2. The molecule has 5 aromatic rings. The zero-order chi connectivity index (χ0) is 21.9. The van der Waals surface area contributed by atoms with Crippen LogP contribution in [0.25, 0.3) is 26.3 Å². The summed E-state index contributed by atoms with van der Waals surface area (Å²) in [6.07, 6.45) is 0.944. The van der Waals surface area contributed by atoms with Crippen LogP contribution >= 0.6 is 23.1 Å². The maximum atomic E-state index is 13.6. The first-order chi connectivity index (χ1) is 15.7. The van der Waals surface area contributed by atoms with Crippen molar-refractivity contribution in [1.29, 1.82) is 0 Å². The van der Waals surface area contributed by atoms with Crippen LogP contribution in [0.3, 0.4) is 0 Å². The van der Waals surface area contributed by atoms with Crippen LogP contribution in [-0.2, 0) is 12.3 Å². The van der Waals surface area contributed by atoms with Crippen LogP contribution in [-0.4, -0.2) is 29.8 Å². The van der Waals surface area contributed by atoms with Gasteiger partial charge in [0.15, 0.2) is 11.0 Å². The lowest BCUT2D eigenvalue weighted by Gasteiger charge is -2.11. The lowest BCUT2D eigenvalue weighted by molar-refractivity contribution is 0.564. The van der Waals surface area contributed by atoms with Gasteiger partial charge in [-0.05, 0) is 40.6 Å². The van der Waals surface area contributed by atoms with Crippen molar-refractivity contribution < 1.29 is 0 Å². The summed E-state index contributed by atoms with van der Waals surface area (Å²) >= 11 is 3.00. The Morgan fingerprint density at radius 3 is 2.53 bits per heavy atom. The third-order valence-corrected chi connectivity index (χ3v) is 6.99. The summed E-state index contributed by atoms with van der Waals surface area (Å²) in [6, 6.07) is 21.6. The minimum absolute atomic E-state index is 0.0738. The Hall–Kier alpha value is -3.30. The average molecular weight is 461 g/mol. The maximum Gasteiger partial charge on any atom is 0.267 e. The number of thiophene rings is 1. The number of aromatic nitrogens is 6. The molecular weight excluding hydrogens is 440 g/mol. The lowest BCUT2D eigenvalue weighted by atomic mass is 10.2. The van der Waals surface area contributed by atoms with Crippen LogP contribution in [0, 0.1) is 0 Å². The van der Waals surface area contributed by atoms with Crippen molar-refractivity contribution in [2.75, 3.05) is 0 Å². The van der Waals surface area contributed by atoms with E-state index >= 15 is 0 Å². The smallest absolute Gasteiger partial charge is 0.267 e. The second-order valence-electron chi connectivity index (χ2n) is 7.17. The normalized spacial score (nSPS) is 11.3. The highest BCUT2D eigenvalue weighted by Gasteiger charge is 2.18. The Morgan fingerprint density at radius 1 is 1.03 bits per heavy atom. The van der Waals surface area contributed by atoms with Crippen LogP contribution in [0.4, 0.5) is 0 Å². The highest BCUT2D eigenvalue weighted by Crippen LogP contribution is 2.33. The van der Waals surface area contributed by atoms with Gasteiger partial charge in [0.25, 0.3) is 5.56 Å². The van der Waals surface area contributed by atoms with E-state index in [9.17, 15) is 4.79 Å². The van der Waals surface area contributed by atoms with E-state index in [0.717, 1.165) is 39.7 Å². The van der Waals surface area contributed by atoms with Crippen LogP contribution in [0.5, 0.6) is 0 Å². The SMILES string of the molecule is CCCn1nnnc1CSc1nc2sc(-c3ccccc3)cc2c(=O)n1-c1ccccc1. The number of aryl methyl sites for hydroxylation is 1. The predicted molar refractivity (Wildman–Crippen MR) is 128 cm³/mol. The Labute approximate surface area is 192 Å². The summed E-state index contributed by atoms with van der Waals surface area (Å²) in [5.74, 6) is 1.29. The molecule has 0 aliphatic rings. The van der Waals surface area contributed by atoms with Crippen LogP contribution in [0.15, 0.2) is 76.7 Å². The molecule has 0 fully saturated rings. The Morgan fingerprint density at radius 2 is 1.78 bits per heavy atom. The minimum atomic E-state index is -0.0738. The summed E-state index contributed by atoms with van der Waals surface area (Å²) in [4.78, 5) is 20.3. The highest BCUT2D eigenvalue weighted by molar-refractivity contribution is 7.98. The molecule has 32 heavy (non-hydrogen) atoms. The molecule has 0 aliphatic heterocycles. The summed E-state index contributed by atoms with van der Waals surface area (Å²) in [5.41, 5.74) is 1.79. The van der Waals surface area contributed by atoms with Crippen molar-refractivity contribution >= 4 is 33.3 Å². The van der Waals surface area contributed by atoms with Crippen molar-refractivity contribution in [3.63, 3.8) is 0 Å². The molecular formula is C23H20N6OS2. The summed E-state index contributed by atoms with van der Waals surface area (Å²) in [6.45, 7) is 2.84. The zero-order valence-electron chi connectivity index (χ0n) is 17.4. The third kappa shape index (κ3) is 3.96. The molecule has 7 nitrogen and oxygen atoms in total. The van der Waals surface area contributed by atoms with Gasteiger partial charge in [0.1, 0.15) is 4.83 Å². The van der Waals surface area contributed by atoms with Crippen molar-refractivity contribution in [2.45, 2.75) is 30.8 Å². The van der Waals surface area contributed by atoms with E-state index < -0.39 is 0 Å². The molecule has 3 aromatic heterocycles. The van der Waals surface area contributed by atoms with E-state index in [1.807, 2.05) is 66.7 Å². The van der Waals surface area contributed by atoms with E-state index in [2.05, 4.69) is 22.4 Å². The Balaban J connectivity index is 1.61. The second kappa shape index (κ2) is 9.05. The van der Waals surface area contributed by atoms with Gasteiger partial charge in [-0.3, -0.25) is 9.36 Å². The number of hydrogen-bond acceptors (Lipinski definition) is 7. The number of thioether (sulfide) groups is 1. The summed E-state index contributed by atoms with van der Waals surface area (Å²) in [7, 11) is 0. The molecule has 0 bridgehead atoms. The van der Waals surface area contributed by atoms with E-state index in [1.165, 1.54) is 23.1 Å². The largest absolute Gasteiger partial charge is 0.268 e. The van der Waals surface area contributed by atoms with Crippen LogP contribution in [0.2, 0.25) is 0 Å². The first-order valence-corrected chi connectivity index (χ1v) is 12.1. The van der Waals surface area contributed by atoms with Crippen molar-refractivity contribution in [3.05, 3.63) is 82.9 Å². The molecule has 0 amide bonds. The molecule has 0 spiro atoms. The molecule has 0 atom stereocenters. The van der Waals surface area contributed by atoms with Gasteiger partial charge in [-0.2, -0.15) is 0 Å². The first-order valence-electron chi connectivity index (χ1n) is 10.3. The van der Waals surface area contributed by atoms with Gasteiger partial charge in [-0.1, -0.05) is 67.2 Å². The lowest BCUT2D eigenvalue weighted by Crippen LogP contribution is -2.21. The number of tetrazole rings is 1. The van der Waals surface area contributed by atoms with Crippen LogP contribution < -0.4 is 5.56 Å². The third-order valence-electron chi connectivity index (χ3n) is 4.98. The van der Waals surface area contributed by atoms with Crippen molar-refractivity contribution in [2.24, 2.45) is 0 Å². The zero-order valence-corrected chi connectivity index (χ0v) is 19.0. The molecule has 160 valence electrons. The number of nitrogens with zero attached hydrogens (tertiary/aromatic N) is 6. The van der Waals surface area contributed by atoms with Crippen molar-refractivity contribution in [1.82, 2.24) is 29.8 Å². The maximum absolute atomic E-state index is 13.6. The predicted octanol–water partition coefficient (Wildman–Crippen LogP) is 4.80. The first kappa shape index (κ1) is 20.6. The Bertz CT molecular complexity index is 1410. The molecule has 0 saturated carbocycles. The second-order valence-corrected chi connectivity index (χ2v) is 9.15. The minimum Gasteiger partial charge on any atom is -0.268 e. The van der Waals surface area contributed by atoms with Gasteiger partial charge in [0, 0.05) is 11.4 Å². The van der Waals surface area contributed by atoms with Gasteiger partial charge < -0.3 is 0 Å². The van der Waals surface area contributed by atoms with Gasteiger partial charge in [-0.15, -0.1) is 16.4 Å². The van der Waals surface area contributed by atoms with Gasteiger partial charge >= 0.3 is 0 Å². The molecule has 5 rings (SSSR count).